The molecular formula is C14H18FN3O2S. The Morgan fingerprint density at radius 1 is 1.33 bits per heavy atom. The smallest absolute Gasteiger partial charge is 0.241 e. The highest BCUT2D eigenvalue weighted by molar-refractivity contribution is 7.89. The molecule has 5 nitrogen and oxygen atoms in total. The van der Waals surface area contributed by atoms with Crippen LogP contribution in [0.1, 0.15) is 18.1 Å². The van der Waals surface area contributed by atoms with Gasteiger partial charge in [-0.15, -0.1) is 0 Å². The Balaban J connectivity index is 2.22. The predicted molar refractivity (Wildman–Crippen MR) is 77.9 cm³/mol. The van der Waals surface area contributed by atoms with E-state index >= 15 is 0 Å². The summed E-state index contributed by atoms with van der Waals surface area (Å²) in [5, 5.41) is 4.04. The molecule has 0 spiro atoms. The third-order valence-corrected chi connectivity index (χ3v) is 4.96. The van der Waals surface area contributed by atoms with Crippen LogP contribution in [0.2, 0.25) is 0 Å². The van der Waals surface area contributed by atoms with Crippen molar-refractivity contribution in [1.82, 2.24) is 14.5 Å². The van der Waals surface area contributed by atoms with Crippen molar-refractivity contribution in [3.8, 4) is 0 Å². The van der Waals surface area contributed by atoms with Gasteiger partial charge in [0.15, 0.2) is 0 Å². The van der Waals surface area contributed by atoms with Crippen LogP contribution >= 0.6 is 0 Å². The first-order valence-electron chi connectivity index (χ1n) is 6.56. The van der Waals surface area contributed by atoms with Gasteiger partial charge >= 0.3 is 0 Å². The molecule has 21 heavy (non-hydrogen) atoms. The Hall–Kier alpha value is -1.73. The van der Waals surface area contributed by atoms with Gasteiger partial charge in [0, 0.05) is 18.4 Å². The molecule has 0 bridgehead atoms. The van der Waals surface area contributed by atoms with Crippen molar-refractivity contribution >= 4 is 10.0 Å². The number of sulfonamides is 1. The van der Waals surface area contributed by atoms with E-state index in [-0.39, 0.29) is 10.9 Å². The monoisotopic (exact) mass is 311 g/mol. The Morgan fingerprint density at radius 2 is 1.95 bits per heavy atom. The zero-order chi connectivity index (χ0) is 15.6. The molecule has 0 aliphatic rings. The standard InChI is InChI=1S/C14H18FN3O2S/c1-10-7-13(15)8-11(2)14(10)21(19,20)17-12(3)9-18-6-4-5-16-18/h4-8,12,17H,9H2,1-3H3. The molecule has 1 aromatic heterocycles. The molecule has 1 atom stereocenters. The van der Waals surface area contributed by atoms with E-state index < -0.39 is 15.8 Å². The fourth-order valence-electron chi connectivity index (χ4n) is 2.37. The van der Waals surface area contributed by atoms with Crippen molar-refractivity contribution in [3.63, 3.8) is 0 Å². The summed E-state index contributed by atoms with van der Waals surface area (Å²) >= 11 is 0. The maximum atomic E-state index is 13.3. The summed E-state index contributed by atoms with van der Waals surface area (Å²) in [6.45, 7) is 5.35. The zero-order valence-corrected chi connectivity index (χ0v) is 13.0. The average Bonchev–Trinajstić information content (AvgIpc) is 2.78. The molecule has 0 fully saturated rings. The lowest BCUT2D eigenvalue weighted by Crippen LogP contribution is -2.36. The number of benzene rings is 1. The number of nitrogens with one attached hydrogen (secondary N) is 1. The molecule has 114 valence electrons. The van der Waals surface area contributed by atoms with Crippen molar-refractivity contribution in [1.29, 1.82) is 0 Å². The molecule has 2 aromatic rings. The summed E-state index contributed by atoms with van der Waals surface area (Å²) in [4.78, 5) is 0.135. The van der Waals surface area contributed by atoms with Crippen LogP contribution in [0.3, 0.4) is 0 Å². The maximum Gasteiger partial charge on any atom is 0.241 e. The summed E-state index contributed by atoms with van der Waals surface area (Å²) in [5.41, 5.74) is 0.789. The second kappa shape index (κ2) is 5.95. The molecule has 1 aromatic carbocycles. The SMILES string of the molecule is Cc1cc(F)cc(C)c1S(=O)(=O)NC(C)Cn1cccn1. The normalized spacial score (nSPS) is 13.3. The average molecular weight is 311 g/mol. The predicted octanol–water partition coefficient (Wildman–Crippen LogP) is 2.01. The molecule has 0 radical (unpaired) electrons. The number of hydrogen-bond acceptors (Lipinski definition) is 3. The van der Waals surface area contributed by atoms with E-state index in [9.17, 15) is 12.8 Å². The van der Waals surface area contributed by atoms with Crippen molar-refractivity contribution in [2.24, 2.45) is 0 Å². The van der Waals surface area contributed by atoms with Crippen molar-refractivity contribution in [2.75, 3.05) is 0 Å². The van der Waals surface area contributed by atoms with Gasteiger partial charge in [0.1, 0.15) is 5.82 Å². The number of nitrogens with zero attached hydrogens (tertiary/aromatic N) is 2. The molecule has 7 heteroatoms. The first-order valence-corrected chi connectivity index (χ1v) is 8.04. The molecule has 1 unspecified atom stereocenters. The quantitative estimate of drug-likeness (QED) is 0.918. The fourth-order valence-corrected chi connectivity index (χ4v) is 4.06. The van der Waals surface area contributed by atoms with Gasteiger partial charge in [-0.05, 0) is 50.1 Å². The van der Waals surface area contributed by atoms with Gasteiger partial charge in [0.2, 0.25) is 10.0 Å². The highest BCUT2D eigenvalue weighted by Crippen LogP contribution is 2.21. The summed E-state index contributed by atoms with van der Waals surface area (Å²) in [5.74, 6) is -0.437. The van der Waals surface area contributed by atoms with Crippen LogP contribution in [0.5, 0.6) is 0 Å². The van der Waals surface area contributed by atoms with Crippen LogP contribution < -0.4 is 4.72 Å². The van der Waals surface area contributed by atoms with Crippen molar-refractivity contribution < 1.29 is 12.8 Å². The summed E-state index contributed by atoms with van der Waals surface area (Å²) in [7, 11) is -3.70. The van der Waals surface area contributed by atoms with Gasteiger partial charge in [0.05, 0.1) is 11.4 Å². The van der Waals surface area contributed by atoms with Gasteiger partial charge in [0.25, 0.3) is 0 Å². The minimum atomic E-state index is -3.70. The Bertz CT molecular complexity index is 704. The van der Waals surface area contributed by atoms with E-state index in [1.807, 2.05) is 0 Å². The minimum Gasteiger partial charge on any atom is -0.271 e. The van der Waals surface area contributed by atoms with E-state index in [1.54, 1.807) is 43.9 Å². The topological polar surface area (TPSA) is 64.0 Å². The largest absolute Gasteiger partial charge is 0.271 e. The molecule has 1 N–H and O–H groups in total. The van der Waals surface area contributed by atoms with Gasteiger partial charge in [-0.25, -0.2) is 17.5 Å². The molecule has 0 aliphatic carbocycles. The lowest BCUT2D eigenvalue weighted by atomic mass is 10.1. The molecule has 0 amide bonds. The molecule has 0 saturated carbocycles. The highest BCUT2D eigenvalue weighted by atomic mass is 32.2. The lowest BCUT2D eigenvalue weighted by Gasteiger charge is -2.17. The summed E-state index contributed by atoms with van der Waals surface area (Å²) < 4.78 is 42.5. The first kappa shape index (κ1) is 15.7. The third-order valence-electron chi connectivity index (χ3n) is 3.07. The fraction of sp³-hybridized carbons (Fsp3) is 0.357. The molecule has 2 rings (SSSR count). The third kappa shape index (κ3) is 3.68. The van der Waals surface area contributed by atoms with E-state index in [1.165, 1.54) is 12.1 Å². The minimum absolute atomic E-state index is 0.135. The Kier molecular flexibility index (Phi) is 4.43. The van der Waals surface area contributed by atoms with Crippen LogP contribution in [0.15, 0.2) is 35.5 Å². The van der Waals surface area contributed by atoms with Crippen LogP contribution in [-0.2, 0) is 16.6 Å². The van der Waals surface area contributed by atoms with Crippen LogP contribution in [0, 0.1) is 19.7 Å². The summed E-state index contributed by atoms with van der Waals surface area (Å²) in [6.07, 6.45) is 3.40. The second-order valence-electron chi connectivity index (χ2n) is 5.12. The van der Waals surface area contributed by atoms with Gasteiger partial charge < -0.3 is 0 Å². The van der Waals surface area contributed by atoms with Gasteiger partial charge in [-0.1, -0.05) is 0 Å². The molecule has 1 heterocycles. The Morgan fingerprint density at radius 3 is 2.48 bits per heavy atom. The lowest BCUT2D eigenvalue weighted by molar-refractivity contribution is 0.493. The number of halogens is 1. The maximum absolute atomic E-state index is 13.3. The van der Waals surface area contributed by atoms with Crippen LogP contribution in [-0.4, -0.2) is 24.2 Å². The van der Waals surface area contributed by atoms with E-state index in [2.05, 4.69) is 9.82 Å². The van der Waals surface area contributed by atoms with Gasteiger partial charge in [-0.3, -0.25) is 4.68 Å². The van der Waals surface area contributed by atoms with Crippen molar-refractivity contribution in [3.05, 3.63) is 47.5 Å². The molecular weight excluding hydrogens is 293 g/mol. The second-order valence-corrected chi connectivity index (χ2v) is 6.77. The number of aryl methyl sites for hydroxylation is 2. The first-order chi connectivity index (χ1) is 9.79. The zero-order valence-electron chi connectivity index (χ0n) is 12.2. The van der Waals surface area contributed by atoms with Crippen LogP contribution in [0.4, 0.5) is 4.39 Å². The summed E-state index contributed by atoms with van der Waals surface area (Å²) in [6, 6.07) is 3.88. The van der Waals surface area contributed by atoms with Gasteiger partial charge in [-0.2, -0.15) is 5.10 Å². The number of rotatable bonds is 5. The highest BCUT2D eigenvalue weighted by Gasteiger charge is 2.22. The Labute approximate surface area is 123 Å². The van der Waals surface area contributed by atoms with Crippen LogP contribution in [0.25, 0.3) is 0 Å². The molecule has 0 saturated heterocycles. The van der Waals surface area contributed by atoms with Crippen molar-refractivity contribution in [2.45, 2.75) is 38.3 Å². The van der Waals surface area contributed by atoms with E-state index in [0.717, 1.165) is 0 Å². The number of hydrogen-bond donors (Lipinski definition) is 1. The van der Waals surface area contributed by atoms with E-state index in [0.29, 0.717) is 17.7 Å². The number of aromatic nitrogens is 2. The van der Waals surface area contributed by atoms with E-state index in [4.69, 9.17) is 0 Å². The molecule has 0 aliphatic heterocycles.